The average Bonchev–Trinajstić information content (AvgIpc) is 2.30. The minimum atomic E-state index is -0.0592. The molecule has 0 N–H and O–H groups in total. The SMILES string of the molecule is CCCCC(CC)C(=O)OCCOCCC. The van der Waals surface area contributed by atoms with E-state index in [0.717, 1.165) is 38.7 Å². The summed E-state index contributed by atoms with van der Waals surface area (Å²) >= 11 is 0. The molecule has 0 heterocycles. The Morgan fingerprint density at radius 3 is 2.38 bits per heavy atom. The van der Waals surface area contributed by atoms with E-state index in [1.807, 2.05) is 6.92 Å². The smallest absolute Gasteiger partial charge is 0.308 e. The normalized spacial score (nSPS) is 12.4. The zero-order valence-corrected chi connectivity index (χ0v) is 11.0. The lowest BCUT2D eigenvalue weighted by Gasteiger charge is -2.13. The monoisotopic (exact) mass is 230 g/mol. The number of hydrogen-bond acceptors (Lipinski definition) is 3. The summed E-state index contributed by atoms with van der Waals surface area (Å²) < 4.78 is 10.4. The maximum absolute atomic E-state index is 11.6. The molecule has 0 spiro atoms. The second-order valence-corrected chi connectivity index (χ2v) is 4.03. The molecule has 16 heavy (non-hydrogen) atoms. The van der Waals surface area contributed by atoms with Gasteiger partial charge in [0.15, 0.2) is 0 Å². The maximum atomic E-state index is 11.6. The van der Waals surface area contributed by atoms with Crippen molar-refractivity contribution in [3.8, 4) is 0 Å². The van der Waals surface area contributed by atoms with Crippen LogP contribution in [0.3, 0.4) is 0 Å². The van der Waals surface area contributed by atoms with E-state index < -0.39 is 0 Å². The first-order chi connectivity index (χ1) is 7.76. The molecule has 96 valence electrons. The van der Waals surface area contributed by atoms with Crippen molar-refractivity contribution in [1.29, 1.82) is 0 Å². The maximum Gasteiger partial charge on any atom is 0.308 e. The molecule has 1 unspecified atom stereocenters. The van der Waals surface area contributed by atoms with E-state index >= 15 is 0 Å². The molecule has 3 nitrogen and oxygen atoms in total. The number of rotatable bonds is 10. The fourth-order valence-electron chi connectivity index (χ4n) is 1.50. The first-order valence-corrected chi connectivity index (χ1v) is 6.50. The van der Waals surface area contributed by atoms with Gasteiger partial charge in [0.2, 0.25) is 0 Å². The largest absolute Gasteiger partial charge is 0.463 e. The number of carbonyl (C=O) groups is 1. The van der Waals surface area contributed by atoms with E-state index in [2.05, 4.69) is 13.8 Å². The second kappa shape index (κ2) is 10.9. The molecule has 0 fully saturated rings. The highest BCUT2D eigenvalue weighted by atomic mass is 16.6. The van der Waals surface area contributed by atoms with E-state index in [-0.39, 0.29) is 11.9 Å². The standard InChI is InChI=1S/C13H26O3/c1-4-7-8-12(6-3)13(14)16-11-10-15-9-5-2/h12H,4-11H2,1-3H3. The Kier molecular flexibility index (Phi) is 10.5. The zero-order valence-electron chi connectivity index (χ0n) is 11.0. The third-order valence-corrected chi connectivity index (χ3v) is 2.55. The fourth-order valence-corrected chi connectivity index (χ4v) is 1.50. The highest BCUT2D eigenvalue weighted by Gasteiger charge is 2.16. The van der Waals surface area contributed by atoms with Gasteiger partial charge in [-0.05, 0) is 19.3 Å². The molecule has 0 aromatic carbocycles. The molecule has 0 aromatic heterocycles. The van der Waals surface area contributed by atoms with Gasteiger partial charge in [-0.15, -0.1) is 0 Å². The molecular formula is C13H26O3. The first-order valence-electron chi connectivity index (χ1n) is 6.50. The Morgan fingerprint density at radius 2 is 1.81 bits per heavy atom. The van der Waals surface area contributed by atoms with Gasteiger partial charge < -0.3 is 9.47 Å². The minimum absolute atomic E-state index is 0.0592. The van der Waals surface area contributed by atoms with Crippen molar-refractivity contribution in [3.63, 3.8) is 0 Å². The minimum Gasteiger partial charge on any atom is -0.463 e. The van der Waals surface area contributed by atoms with Gasteiger partial charge in [-0.2, -0.15) is 0 Å². The van der Waals surface area contributed by atoms with Crippen LogP contribution in [-0.4, -0.2) is 25.8 Å². The van der Waals surface area contributed by atoms with Crippen LogP contribution in [0.15, 0.2) is 0 Å². The molecule has 3 heteroatoms. The lowest BCUT2D eigenvalue weighted by Crippen LogP contribution is -2.19. The van der Waals surface area contributed by atoms with E-state index in [0.29, 0.717) is 13.2 Å². The van der Waals surface area contributed by atoms with Crippen molar-refractivity contribution in [2.45, 2.75) is 52.9 Å². The van der Waals surface area contributed by atoms with Crippen molar-refractivity contribution in [2.75, 3.05) is 19.8 Å². The molecule has 0 aliphatic carbocycles. The van der Waals surface area contributed by atoms with Crippen molar-refractivity contribution in [2.24, 2.45) is 5.92 Å². The second-order valence-electron chi connectivity index (χ2n) is 4.03. The summed E-state index contributed by atoms with van der Waals surface area (Å²) in [6.07, 6.45) is 5.04. The van der Waals surface area contributed by atoms with E-state index in [1.54, 1.807) is 0 Å². The molecule has 0 aromatic rings. The third kappa shape index (κ3) is 7.69. The molecule has 0 aliphatic heterocycles. The van der Waals surface area contributed by atoms with Gasteiger partial charge in [0, 0.05) is 6.61 Å². The van der Waals surface area contributed by atoms with Crippen LogP contribution in [0.4, 0.5) is 0 Å². The van der Waals surface area contributed by atoms with Crippen LogP contribution >= 0.6 is 0 Å². The molecule has 0 radical (unpaired) electrons. The van der Waals surface area contributed by atoms with Gasteiger partial charge >= 0.3 is 5.97 Å². The van der Waals surface area contributed by atoms with Crippen LogP contribution in [0.5, 0.6) is 0 Å². The van der Waals surface area contributed by atoms with Gasteiger partial charge in [0.05, 0.1) is 12.5 Å². The van der Waals surface area contributed by atoms with Gasteiger partial charge in [0.25, 0.3) is 0 Å². The number of esters is 1. The van der Waals surface area contributed by atoms with Crippen LogP contribution < -0.4 is 0 Å². The van der Waals surface area contributed by atoms with Crippen LogP contribution in [0.25, 0.3) is 0 Å². The topological polar surface area (TPSA) is 35.5 Å². The summed E-state index contributed by atoms with van der Waals surface area (Å²) in [5.41, 5.74) is 0. The zero-order chi connectivity index (χ0) is 12.2. The van der Waals surface area contributed by atoms with Crippen molar-refractivity contribution < 1.29 is 14.3 Å². The van der Waals surface area contributed by atoms with Crippen LogP contribution in [0.2, 0.25) is 0 Å². The molecular weight excluding hydrogens is 204 g/mol. The van der Waals surface area contributed by atoms with Crippen molar-refractivity contribution >= 4 is 5.97 Å². The van der Waals surface area contributed by atoms with E-state index in [9.17, 15) is 4.79 Å². The van der Waals surface area contributed by atoms with E-state index in [4.69, 9.17) is 9.47 Å². The summed E-state index contributed by atoms with van der Waals surface area (Å²) in [7, 11) is 0. The molecule has 0 saturated carbocycles. The number of carbonyl (C=O) groups excluding carboxylic acids is 1. The summed E-state index contributed by atoms with van der Waals surface area (Å²) in [5, 5.41) is 0. The lowest BCUT2D eigenvalue weighted by molar-refractivity contribution is -0.150. The lowest BCUT2D eigenvalue weighted by atomic mass is 10.00. The molecule has 1 atom stereocenters. The first kappa shape index (κ1) is 15.4. The number of ether oxygens (including phenoxy) is 2. The molecule has 0 rings (SSSR count). The van der Waals surface area contributed by atoms with Crippen molar-refractivity contribution in [1.82, 2.24) is 0 Å². The quantitative estimate of drug-likeness (QED) is 0.427. The number of hydrogen-bond donors (Lipinski definition) is 0. The highest BCUT2D eigenvalue weighted by Crippen LogP contribution is 2.14. The van der Waals surface area contributed by atoms with Gasteiger partial charge in [-0.3, -0.25) is 4.79 Å². The summed E-state index contributed by atoms with van der Waals surface area (Å²) in [6, 6.07) is 0. The Morgan fingerprint density at radius 1 is 1.06 bits per heavy atom. The number of unbranched alkanes of at least 4 members (excludes halogenated alkanes) is 1. The van der Waals surface area contributed by atoms with Gasteiger partial charge in [-0.25, -0.2) is 0 Å². The predicted molar refractivity (Wildman–Crippen MR) is 65.4 cm³/mol. The fraction of sp³-hybridized carbons (Fsp3) is 0.923. The molecule has 0 aliphatic rings. The summed E-state index contributed by atoms with van der Waals surface area (Å²) in [6.45, 7) is 7.88. The molecule has 0 saturated heterocycles. The Labute approximate surface area is 99.5 Å². The van der Waals surface area contributed by atoms with E-state index in [1.165, 1.54) is 0 Å². The molecule has 0 amide bonds. The van der Waals surface area contributed by atoms with Crippen LogP contribution in [-0.2, 0) is 14.3 Å². The third-order valence-electron chi connectivity index (χ3n) is 2.55. The van der Waals surface area contributed by atoms with Crippen molar-refractivity contribution in [3.05, 3.63) is 0 Å². The Balaban J connectivity index is 3.58. The Hall–Kier alpha value is -0.570. The van der Waals surface area contributed by atoms with Crippen LogP contribution in [0, 0.1) is 5.92 Å². The highest BCUT2D eigenvalue weighted by molar-refractivity contribution is 5.72. The molecule has 0 bridgehead atoms. The van der Waals surface area contributed by atoms with Gasteiger partial charge in [-0.1, -0.05) is 33.6 Å². The van der Waals surface area contributed by atoms with Gasteiger partial charge in [0.1, 0.15) is 6.61 Å². The Bertz CT molecular complexity index is 169. The van der Waals surface area contributed by atoms with Crippen LogP contribution in [0.1, 0.15) is 52.9 Å². The predicted octanol–water partition coefficient (Wildman–Crippen LogP) is 3.17. The summed E-state index contributed by atoms with van der Waals surface area (Å²) in [5.74, 6) is 0.0159. The summed E-state index contributed by atoms with van der Waals surface area (Å²) in [4.78, 5) is 11.6. The average molecular weight is 230 g/mol.